The van der Waals surface area contributed by atoms with Crippen LogP contribution in [0.2, 0.25) is 0 Å². The Hall–Kier alpha value is -1.36. The van der Waals surface area contributed by atoms with Crippen molar-refractivity contribution in [1.82, 2.24) is 10.2 Å². The van der Waals surface area contributed by atoms with Gasteiger partial charge in [0.25, 0.3) is 5.91 Å². The van der Waals surface area contributed by atoms with E-state index in [9.17, 15) is 4.79 Å². The third kappa shape index (κ3) is 4.43. The van der Waals surface area contributed by atoms with Crippen LogP contribution < -0.4 is 5.32 Å². The topological polar surface area (TPSA) is 32.3 Å². The van der Waals surface area contributed by atoms with E-state index in [2.05, 4.69) is 23.5 Å². The van der Waals surface area contributed by atoms with Crippen molar-refractivity contribution in [3.63, 3.8) is 0 Å². The molecule has 0 unspecified atom stereocenters. The minimum Gasteiger partial charge on any atom is -0.338 e. The first-order valence-electron chi connectivity index (χ1n) is 8.97. The van der Waals surface area contributed by atoms with Gasteiger partial charge in [0.05, 0.1) is 4.88 Å². The molecule has 134 valence electrons. The number of hydrogen-bond acceptors (Lipinski definition) is 3. The van der Waals surface area contributed by atoms with Crippen molar-refractivity contribution in [2.45, 2.75) is 31.7 Å². The second-order valence-corrected chi connectivity index (χ2v) is 7.86. The van der Waals surface area contributed by atoms with Crippen LogP contribution in [0.15, 0.2) is 41.8 Å². The van der Waals surface area contributed by atoms with Crippen molar-refractivity contribution >= 4 is 29.7 Å². The van der Waals surface area contributed by atoms with Crippen molar-refractivity contribution in [3.8, 4) is 11.1 Å². The van der Waals surface area contributed by atoms with E-state index < -0.39 is 0 Å². The monoisotopic (exact) mass is 376 g/mol. The lowest BCUT2D eigenvalue weighted by atomic mass is 10.0. The summed E-state index contributed by atoms with van der Waals surface area (Å²) < 4.78 is 0. The fourth-order valence-electron chi connectivity index (χ4n) is 3.41. The Morgan fingerprint density at radius 1 is 1.08 bits per heavy atom. The molecule has 1 N–H and O–H groups in total. The molecular formula is C20H25ClN2OS. The van der Waals surface area contributed by atoms with E-state index in [-0.39, 0.29) is 18.3 Å². The van der Waals surface area contributed by atoms with E-state index >= 15 is 0 Å². The zero-order chi connectivity index (χ0) is 16.4. The first-order chi connectivity index (χ1) is 11.8. The van der Waals surface area contributed by atoms with Gasteiger partial charge < -0.3 is 10.2 Å². The van der Waals surface area contributed by atoms with Gasteiger partial charge >= 0.3 is 0 Å². The summed E-state index contributed by atoms with van der Waals surface area (Å²) in [5.41, 5.74) is 2.20. The maximum absolute atomic E-state index is 13.0. The van der Waals surface area contributed by atoms with E-state index in [4.69, 9.17) is 0 Å². The molecule has 0 radical (unpaired) electrons. The molecule has 1 amide bonds. The number of nitrogens with one attached hydrogen (secondary N) is 1. The summed E-state index contributed by atoms with van der Waals surface area (Å²) in [6, 6.07) is 12.9. The number of benzene rings is 1. The molecule has 1 saturated carbocycles. The highest BCUT2D eigenvalue weighted by atomic mass is 35.5. The van der Waals surface area contributed by atoms with Gasteiger partial charge in [-0.25, -0.2) is 0 Å². The number of piperidine rings is 1. The summed E-state index contributed by atoms with van der Waals surface area (Å²) in [5, 5.41) is 5.71. The van der Waals surface area contributed by atoms with Gasteiger partial charge in [0.15, 0.2) is 0 Å². The Bertz CT molecular complexity index is 691. The lowest BCUT2D eigenvalue weighted by molar-refractivity contribution is 0.0710. The molecule has 1 saturated heterocycles. The molecule has 2 heterocycles. The molecule has 2 fully saturated rings. The number of halogens is 1. The molecule has 3 nitrogen and oxygen atoms in total. The number of hydrogen-bond donors (Lipinski definition) is 1. The molecule has 25 heavy (non-hydrogen) atoms. The predicted molar refractivity (Wildman–Crippen MR) is 107 cm³/mol. The van der Waals surface area contributed by atoms with Crippen LogP contribution in [0.4, 0.5) is 0 Å². The summed E-state index contributed by atoms with van der Waals surface area (Å²) in [4.78, 5) is 15.9. The molecule has 1 aliphatic carbocycles. The number of amides is 1. The normalized spacial score (nSPS) is 18.0. The number of carbonyl (C=O) groups is 1. The van der Waals surface area contributed by atoms with Gasteiger partial charge in [0, 0.05) is 24.7 Å². The van der Waals surface area contributed by atoms with E-state index in [1.165, 1.54) is 19.4 Å². The molecule has 1 aromatic heterocycles. The van der Waals surface area contributed by atoms with Crippen LogP contribution in [0.3, 0.4) is 0 Å². The van der Waals surface area contributed by atoms with Crippen molar-refractivity contribution in [2.24, 2.45) is 5.92 Å². The van der Waals surface area contributed by atoms with E-state index in [0.29, 0.717) is 6.04 Å². The van der Waals surface area contributed by atoms with Gasteiger partial charge in [-0.2, -0.15) is 0 Å². The van der Waals surface area contributed by atoms with Gasteiger partial charge in [0.1, 0.15) is 0 Å². The largest absolute Gasteiger partial charge is 0.338 e. The highest BCUT2D eigenvalue weighted by Crippen LogP contribution is 2.30. The van der Waals surface area contributed by atoms with Gasteiger partial charge in [-0.3, -0.25) is 4.79 Å². The maximum atomic E-state index is 13.0. The van der Waals surface area contributed by atoms with Crippen LogP contribution >= 0.6 is 23.7 Å². The fourth-order valence-corrected chi connectivity index (χ4v) is 4.29. The van der Waals surface area contributed by atoms with Gasteiger partial charge in [-0.1, -0.05) is 30.3 Å². The second kappa shape index (κ2) is 8.35. The van der Waals surface area contributed by atoms with Crippen molar-refractivity contribution in [2.75, 3.05) is 19.6 Å². The fraction of sp³-hybridized carbons (Fsp3) is 0.450. The van der Waals surface area contributed by atoms with Crippen LogP contribution in [0, 0.1) is 5.92 Å². The van der Waals surface area contributed by atoms with E-state index in [1.807, 2.05) is 28.5 Å². The Kier molecular flexibility index (Phi) is 6.15. The maximum Gasteiger partial charge on any atom is 0.264 e. The minimum atomic E-state index is 0. The minimum absolute atomic E-state index is 0. The molecule has 2 aromatic rings. The van der Waals surface area contributed by atoms with Crippen LogP contribution in [0.25, 0.3) is 11.1 Å². The lowest BCUT2D eigenvalue weighted by Gasteiger charge is -2.32. The Morgan fingerprint density at radius 2 is 1.80 bits per heavy atom. The molecule has 0 spiro atoms. The van der Waals surface area contributed by atoms with Crippen LogP contribution in [-0.4, -0.2) is 36.5 Å². The molecule has 0 atom stereocenters. The smallest absolute Gasteiger partial charge is 0.264 e. The average Bonchev–Trinajstić information content (AvgIpc) is 3.34. The summed E-state index contributed by atoms with van der Waals surface area (Å²) in [6.45, 7) is 2.91. The summed E-state index contributed by atoms with van der Waals surface area (Å²) >= 11 is 1.56. The highest BCUT2D eigenvalue weighted by Gasteiger charge is 2.27. The number of thiophene rings is 1. The lowest BCUT2D eigenvalue weighted by Crippen LogP contribution is -2.45. The van der Waals surface area contributed by atoms with Crippen molar-refractivity contribution in [3.05, 3.63) is 46.7 Å². The first kappa shape index (κ1) is 18.4. The molecule has 4 rings (SSSR count). The standard InChI is InChI=1S/C20H24N2OS.ClH/c23-20(19-18(10-13-24-19)16-4-2-1-3-5-16)22-11-8-17(9-12-22)21-14-15-6-7-15;/h1-5,10,13,15,17,21H,6-9,11-12,14H2;1H. The molecular weight excluding hydrogens is 352 g/mol. The number of nitrogens with zero attached hydrogens (tertiary/aromatic N) is 1. The van der Waals surface area contributed by atoms with Gasteiger partial charge in [-0.15, -0.1) is 23.7 Å². The van der Waals surface area contributed by atoms with Crippen molar-refractivity contribution in [1.29, 1.82) is 0 Å². The zero-order valence-corrected chi connectivity index (χ0v) is 16.0. The number of carbonyl (C=O) groups excluding carboxylic acids is 1. The number of rotatable bonds is 5. The molecule has 1 aromatic carbocycles. The predicted octanol–water partition coefficient (Wildman–Crippen LogP) is 4.44. The Balaban J connectivity index is 0.00000182. The third-order valence-corrected chi connectivity index (χ3v) is 6.02. The molecule has 2 aliphatic rings. The molecule has 1 aliphatic heterocycles. The Labute approximate surface area is 159 Å². The number of likely N-dealkylation sites (tertiary alicyclic amines) is 1. The Morgan fingerprint density at radius 3 is 2.48 bits per heavy atom. The van der Waals surface area contributed by atoms with Crippen LogP contribution in [-0.2, 0) is 0 Å². The quantitative estimate of drug-likeness (QED) is 0.836. The first-order valence-corrected chi connectivity index (χ1v) is 9.85. The van der Waals surface area contributed by atoms with Crippen LogP contribution in [0.1, 0.15) is 35.4 Å². The van der Waals surface area contributed by atoms with Crippen molar-refractivity contribution < 1.29 is 4.79 Å². The van der Waals surface area contributed by atoms with Gasteiger partial charge in [0.2, 0.25) is 0 Å². The molecule has 5 heteroatoms. The summed E-state index contributed by atoms with van der Waals surface area (Å²) in [7, 11) is 0. The third-order valence-electron chi connectivity index (χ3n) is 5.12. The highest BCUT2D eigenvalue weighted by molar-refractivity contribution is 7.12. The SMILES string of the molecule is Cl.O=C(c1sccc1-c1ccccc1)N1CCC(NCC2CC2)CC1. The van der Waals surface area contributed by atoms with E-state index in [0.717, 1.165) is 47.9 Å². The molecule has 0 bridgehead atoms. The van der Waals surface area contributed by atoms with Gasteiger partial charge in [-0.05, 0) is 55.2 Å². The van der Waals surface area contributed by atoms with Crippen LogP contribution in [0.5, 0.6) is 0 Å². The average molecular weight is 377 g/mol. The summed E-state index contributed by atoms with van der Waals surface area (Å²) in [6.07, 6.45) is 4.94. The summed E-state index contributed by atoms with van der Waals surface area (Å²) in [5.74, 6) is 1.12. The zero-order valence-electron chi connectivity index (χ0n) is 14.3. The second-order valence-electron chi connectivity index (χ2n) is 6.95. The van der Waals surface area contributed by atoms with E-state index in [1.54, 1.807) is 11.3 Å².